The van der Waals surface area contributed by atoms with Crippen LogP contribution >= 0.6 is 34.3 Å². The molecule has 0 radical (unpaired) electrons. The molecule has 3 aromatic rings. The lowest BCUT2D eigenvalue weighted by molar-refractivity contribution is -0.268. The molecule has 31 heavy (non-hydrogen) atoms. The van der Waals surface area contributed by atoms with Crippen LogP contribution in [-0.4, -0.2) is 45.1 Å². The quantitative estimate of drug-likeness (QED) is 0.543. The van der Waals surface area contributed by atoms with Crippen LogP contribution in [0.4, 0.5) is 13.2 Å². The zero-order valence-electron chi connectivity index (χ0n) is 16.4. The summed E-state index contributed by atoms with van der Waals surface area (Å²) in [4.78, 5) is 22.5. The molecule has 166 valence electrons. The van der Waals surface area contributed by atoms with E-state index in [0.29, 0.717) is 48.0 Å². The summed E-state index contributed by atoms with van der Waals surface area (Å²) in [7, 11) is 0. The van der Waals surface area contributed by atoms with Crippen molar-refractivity contribution in [3.8, 4) is 0 Å². The van der Waals surface area contributed by atoms with Crippen molar-refractivity contribution in [2.45, 2.75) is 43.9 Å². The monoisotopic (exact) mass is 489 g/mol. The molecule has 0 aliphatic carbocycles. The first-order valence-corrected chi connectivity index (χ1v) is 11.7. The number of fused-ring (bicyclic) bond motifs is 1. The second-order valence-electron chi connectivity index (χ2n) is 7.65. The molecule has 11 heteroatoms. The van der Waals surface area contributed by atoms with Crippen molar-refractivity contribution in [3.05, 3.63) is 44.3 Å². The first-order valence-electron chi connectivity index (χ1n) is 9.62. The number of hydrogen-bond acceptors (Lipinski definition) is 6. The van der Waals surface area contributed by atoms with Gasteiger partial charge in [0.2, 0.25) is 11.5 Å². The fourth-order valence-electron chi connectivity index (χ4n) is 3.64. The summed E-state index contributed by atoms with van der Waals surface area (Å²) in [6.07, 6.45) is -4.89. The average Bonchev–Trinajstić information content (AvgIpc) is 3.33. The fraction of sp³-hybridized carbons (Fsp3) is 0.450. The summed E-state index contributed by atoms with van der Waals surface area (Å²) in [5, 5.41) is 12.9. The van der Waals surface area contributed by atoms with Gasteiger partial charge in [0.15, 0.2) is 0 Å². The number of aryl methyl sites for hydroxylation is 1. The minimum absolute atomic E-state index is 0.128. The summed E-state index contributed by atoms with van der Waals surface area (Å²) in [5.74, 6) is -0.606. The standard InChI is InChI=1S/C20H19ClF3N3O2S2/c1-11-10-30-18(25-11)19(29,20(22,23)24)9-16(28)27-6-4-12(5-7-27)17-26-14-8-13(21)2-3-15(14)31-17/h2-3,8,10,12,29H,4-7,9H2,1H3. The Bertz CT molecular complexity index is 1110. The van der Waals surface area contributed by atoms with E-state index in [-0.39, 0.29) is 5.92 Å². The average molecular weight is 490 g/mol. The zero-order chi connectivity index (χ0) is 22.4. The van der Waals surface area contributed by atoms with Crippen molar-refractivity contribution in [3.63, 3.8) is 0 Å². The van der Waals surface area contributed by atoms with E-state index in [0.717, 1.165) is 15.2 Å². The van der Waals surface area contributed by atoms with E-state index >= 15 is 0 Å². The van der Waals surface area contributed by atoms with Crippen LogP contribution < -0.4 is 0 Å². The van der Waals surface area contributed by atoms with Crippen LogP contribution in [0.5, 0.6) is 0 Å². The third-order valence-electron chi connectivity index (χ3n) is 5.41. The maximum atomic E-state index is 13.7. The predicted octanol–water partition coefficient (Wildman–Crippen LogP) is 5.26. The van der Waals surface area contributed by atoms with E-state index < -0.39 is 29.1 Å². The van der Waals surface area contributed by atoms with Crippen molar-refractivity contribution in [2.75, 3.05) is 13.1 Å². The van der Waals surface area contributed by atoms with E-state index in [1.807, 2.05) is 6.07 Å². The van der Waals surface area contributed by atoms with E-state index in [1.165, 1.54) is 10.3 Å². The van der Waals surface area contributed by atoms with Crippen LogP contribution in [0.15, 0.2) is 23.6 Å². The Morgan fingerprint density at radius 2 is 2.00 bits per heavy atom. The molecule has 1 N–H and O–H groups in total. The number of thiazole rings is 2. The van der Waals surface area contributed by atoms with Gasteiger partial charge in [-0.2, -0.15) is 13.2 Å². The number of piperidine rings is 1. The lowest BCUT2D eigenvalue weighted by atomic mass is 9.95. The smallest absolute Gasteiger partial charge is 0.374 e. The summed E-state index contributed by atoms with van der Waals surface area (Å²) in [5.41, 5.74) is -2.10. The molecule has 1 saturated heterocycles. The second kappa shape index (κ2) is 8.31. The molecule has 1 atom stereocenters. The molecule has 1 fully saturated rings. The molecule has 4 rings (SSSR count). The van der Waals surface area contributed by atoms with Crippen LogP contribution in [0.2, 0.25) is 5.02 Å². The number of likely N-dealkylation sites (tertiary alicyclic amines) is 1. The Hall–Kier alpha value is -1.75. The van der Waals surface area contributed by atoms with E-state index in [2.05, 4.69) is 9.97 Å². The summed E-state index contributed by atoms with van der Waals surface area (Å²) >= 11 is 8.28. The van der Waals surface area contributed by atoms with Crippen LogP contribution in [0.3, 0.4) is 0 Å². The molecular weight excluding hydrogens is 471 g/mol. The highest BCUT2D eigenvalue weighted by atomic mass is 35.5. The third kappa shape index (κ3) is 4.44. The van der Waals surface area contributed by atoms with Crippen molar-refractivity contribution in [1.82, 2.24) is 14.9 Å². The first kappa shape index (κ1) is 22.4. The number of nitrogens with zero attached hydrogens (tertiary/aromatic N) is 3. The van der Waals surface area contributed by atoms with E-state index in [9.17, 15) is 23.1 Å². The Labute approximate surface area is 189 Å². The van der Waals surface area contributed by atoms with Gasteiger partial charge in [0, 0.05) is 35.1 Å². The highest BCUT2D eigenvalue weighted by Crippen LogP contribution is 2.43. The molecular formula is C20H19ClF3N3O2S2. The van der Waals surface area contributed by atoms with Gasteiger partial charge >= 0.3 is 6.18 Å². The highest BCUT2D eigenvalue weighted by molar-refractivity contribution is 7.18. The van der Waals surface area contributed by atoms with Gasteiger partial charge < -0.3 is 10.0 Å². The number of amides is 1. The number of carbonyl (C=O) groups is 1. The molecule has 1 aliphatic heterocycles. The van der Waals surface area contributed by atoms with Crippen molar-refractivity contribution in [1.29, 1.82) is 0 Å². The highest BCUT2D eigenvalue weighted by Gasteiger charge is 2.58. The van der Waals surface area contributed by atoms with Gasteiger partial charge in [-0.1, -0.05) is 11.6 Å². The lowest BCUT2D eigenvalue weighted by Crippen LogP contribution is -2.48. The van der Waals surface area contributed by atoms with Crippen LogP contribution in [-0.2, 0) is 10.4 Å². The normalized spacial score (nSPS) is 17.8. The molecule has 1 aliphatic rings. The second-order valence-corrected chi connectivity index (χ2v) is 10.0. The molecule has 0 bridgehead atoms. The van der Waals surface area contributed by atoms with Gasteiger partial charge in [-0.05, 0) is 38.0 Å². The SMILES string of the molecule is Cc1csc(C(O)(CC(=O)N2CCC(c3nc4cc(Cl)ccc4s3)CC2)C(F)(F)F)n1. The molecule has 1 amide bonds. The van der Waals surface area contributed by atoms with Gasteiger partial charge in [-0.3, -0.25) is 4.79 Å². The number of alkyl halides is 3. The van der Waals surface area contributed by atoms with Gasteiger partial charge in [-0.15, -0.1) is 22.7 Å². The van der Waals surface area contributed by atoms with Crippen LogP contribution in [0, 0.1) is 6.92 Å². The summed E-state index contributed by atoms with van der Waals surface area (Å²) in [6.45, 7) is 2.16. The van der Waals surface area contributed by atoms with Gasteiger partial charge in [0.25, 0.3) is 0 Å². The molecule has 0 saturated carbocycles. The Balaban J connectivity index is 1.44. The first-order chi connectivity index (χ1) is 14.6. The minimum atomic E-state index is -5.01. The number of halogens is 4. The van der Waals surface area contributed by atoms with Crippen molar-refractivity contribution in [2.24, 2.45) is 0 Å². The van der Waals surface area contributed by atoms with Gasteiger partial charge in [0.05, 0.1) is 21.6 Å². The topological polar surface area (TPSA) is 66.3 Å². The molecule has 2 aromatic heterocycles. The largest absolute Gasteiger partial charge is 0.424 e. The number of carbonyl (C=O) groups excluding carboxylic acids is 1. The minimum Gasteiger partial charge on any atom is -0.374 e. The summed E-state index contributed by atoms with van der Waals surface area (Å²) in [6, 6.07) is 5.52. The van der Waals surface area contributed by atoms with Crippen LogP contribution in [0.1, 0.15) is 40.9 Å². The van der Waals surface area contributed by atoms with Crippen LogP contribution in [0.25, 0.3) is 10.2 Å². The zero-order valence-corrected chi connectivity index (χ0v) is 18.8. The van der Waals surface area contributed by atoms with Crippen molar-refractivity contribution >= 4 is 50.4 Å². The Kier molecular flexibility index (Phi) is 6.01. The predicted molar refractivity (Wildman–Crippen MR) is 115 cm³/mol. The van der Waals surface area contributed by atoms with E-state index in [4.69, 9.17) is 11.6 Å². The Morgan fingerprint density at radius 1 is 1.29 bits per heavy atom. The molecule has 5 nitrogen and oxygen atoms in total. The maximum absolute atomic E-state index is 13.7. The number of hydrogen-bond donors (Lipinski definition) is 1. The fourth-order valence-corrected chi connectivity index (χ4v) is 5.84. The number of aromatic nitrogens is 2. The lowest BCUT2D eigenvalue weighted by Gasteiger charge is -2.34. The Morgan fingerprint density at radius 3 is 2.61 bits per heavy atom. The number of rotatable bonds is 4. The molecule has 0 spiro atoms. The van der Waals surface area contributed by atoms with Gasteiger partial charge in [0.1, 0.15) is 5.01 Å². The van der Waals surface area contributed by atoms with Gasteiger partial charge in [-0.25, -0.2) is 9.97 Å². The van der Waals surface area contributed by atoms with Crippen molar-refractivity contribution < 1.29 is 23.1 Å². The molecule has 1 unspecified atom stereocenters. The summed E-state index contributed by atoms with van der Waals surface area (Å²) < 4.78 is 42.0. The molecule has 1 aromatic carbocycles. The van der Waals surface area contributed by atoms with E-state index in [1.54, 1.807) is 30.4 Å². The number of aliphatic hydroxyl groups is 1. The third-order valence-corrected chi connectivity index (χ3v) is 7.96. The maximum Gasteiger partial charge on any atom is 0.424 e. The molecule has 3 heterocycles. The number of benzene rings is 1.